The predicted octanol–water partition coefficient (Wildman–Crippen LogP) is 2.39. The summed E-state index contributed by atoms with van der Waals surface area (Å²) in [5.74, 6) is 0. The Hall–Kier alpha value is -1.88. The molecule has 1 heterocycles. The van der Waals surface area contributed by atoms with E-state index < -0.39 is 0 Å². The van der Waals surface area contributed by atoms with Gasteiger partial charge in [0, 0.05) is 35.8 Å². The van der Waals surface area contributed by atoms with Gasteiger partial charge in [0.05, 0.1) is 4.92 Å². The highest BCUT2D eigenvalue weighted by Gasteiger charge is 2.09. The van der Waals surface area contributed by atoms with Crippen LogP contribution in [0.15, 0.2) is 24.4 Å². The smallest absolute Gasteiger partial charge is 0.270 e. The molecular formula is C12H14N2O3. The molecule has 0 aliphatic rings. The fourth-order valence-electron chi connectivity index (χ4n) is 1.91. The first-order chi connectivity index (χ1) is 8.22. The quantitative estimate of drug-likeness (QED) is 0.473. The van der Waals surface area contributed by atoms with Gasteiger partial charge >= 0.3 is 0 Å². The van der Waals surface area contributed by atoms with Crippen LogP contribution in [0.4, 0.5) is 5.69 Å². The second-order valence-electron chi connectivity index (χ2n) is 3.98. The lowest BCUT2D eigenvalue weighted by Gasteiger charge is -1.98. The van der Waals surface area contributed by atoms with Crippen molar-refractivity contribution in [1.29, 1.82) is 0 Å². The number of aliphatic hydroxyl groups is 1. The fourth-order valence-corrected chi connectivity index (χ4v) is 1.91. The normalized spacial score (nSPS) is 10.9. The van der Waals surface area contributed by atoms with Gasteiger partial charge in [-0.25, -0.2) is 0 Å². The first-order valence-electron chi connectivity index (χ1n) is 5.57. The number of rotatable bonds is 5. The van der Waals surface area contributed by atoms with Gasteiger partial charge in [-0.15, -0.1) is 0 Å². The number of hydrogen-bond donors (Lipinski definition) is 2. The number of aromatic nitrogens is 1. The molecule has 5 nitrogen and oxygen atoms in total. The van der Waals surface area contributed by atoms with Crippen molar-refractivity contribution in [2.75, 3.05) is 6.61 Å². The van der Waals surface area contributed by atoms with E-state index in [2.05, 4.69) is 4.98 Å². The van der Waals surface area contributed by atoms with Crippen molar-refractivity contribution in [3.63, 3.8) is 0 Å². The van der Waals surface area contributed by atoms with E-state index in [1.165, 1.54) is 6.07 Å². The highest BCUT2D eigenvalue weighted by Crippen LogP contribution is 2.24. The van der Waals surface area contributed by atoms with Gasteiger partial charge in [0.15, 0.2) is 0 Å². The van der Waals surface area contributed by atoms with Crippen LogP contribution in [0.25, 0.3) is 10.9 Å². The molecule has 0 aliphatic heterocycles. The predicted molar refractivity (Wildman–Crippen MR) is 65.0 cm³/mol. The van der Waals surface area contributed by atoms with Crippen molar-refractivity contribution in [3.05, 3.63) is 40.1 Å². The summed E-state index contributed by atoms with van der Waals surface area (Å²) in [6.07, 6.45) is 4.33. The molecule has 2 N–H and O–H groups in total. The molecule has 1 aromatic heterocycles. The molecule has 5 heteroatoms. The molecule has 0 atom stereocenters. The summed E-state index contributed by atoms with van der Waals surface area (Å²) >= 11 is 0. The highest BCUT2D eigenvalue weighted by atomic mass is 16.6. The lowest BCUT2D eigenvalue weighted by Crippen LogP contribution is -1.89. The molecular weight excluding hydrogens is 220 g/mol. The van der Waals surface area contributed by atoms with Crippen LogP contribution in [-0.4, -0.2) is 21.6 Å². The van der Waals surface area contributed by atoms with Crippen molar-refractivity contribution in [1.82, 2.24) is 4.98 Å². The van der Waals surface area contributed by atoms with Gasteiger partial charge in [-0.2, -0.15) is 0 Å². The number of aryl methyl sites for hydroxylation is 1. The number of aliphatic hydroxyl groups excluding tert-OH is 1. The van der Waals surface area contributed by atoms with Crippen LogP contribution in [0.3, 0.4) is 0 Å². The van der Waals surface area contributed by atoms with Crippen molar-refractivity contribution < 1.29 is 10.0 Å². The zero-order valence-corrected chi connectivity index (χ0v) is 9.35. The van der Waals surface area contributed by atoms with E-state index in [1.54, 1.807) is 12.1 Å². The third-order valence-electron chi connectivity index (χ3n) is 2.82. The molecule has 0 saturated carbocycles. The lowest BCUT2D eigenvalue weighted by atomic mass is 10.1. The summed E-state index contributed by atoms with van der Waals surface area (Å²) in [6.45, 7) is 0.183. The number of H-pyrrole nitrogens is 1. The van der Waals surface area contributed by atoms with Crippen LogP contribution >= 0.6 is 0 Å². The van der Waals surface area contributed by atoms with Crippen LogP contribution < -0.4 is 0 Å². The molecule has 2 aromatic rings. The summed E-state index contributed by atoms with van der Waals surface area (Å²) in [5.41, 5.74) is 2.09. The second kappa shape index (κ2) is 4.97. The second-order valence-corrected chi connectivity index (χ2v) is 3.98. The van der Waals surface area contributed by atoms with E-state index in [1.807, 2.05) is 6.20 Å². The molecule has 0 aliphatic carbocycles. The minimum Gasteiger partial charge on any atom is -0.396 e. The topological polar surface area (TPSA) is 79.2 Å². The van der Waals surface area contributed by atoms with E-state index in [4.69, 9.17) is 5.11 Å². The van der Waals surface area contributed by atoms with Crippen molar-refractivity contribution >= 4 is 16.6 Å². The first kappa shape index (κ1) is 11.6. The van der Waals surface area contributed by atoms with Gasteiger partial charge < -0.3 is 10.1 Å². The summed E-state index contributed by atoms with van der Waals surface area (Å²) in [6, 6.07) is 4.82. The van der Waals surface area contributed by atoms with E-state index >= 15 is 0 Å². The average Bonchev–Trinajstić information content (AvgIpc) is 2.72. The van der Waals surface area contributed by atoms with Crippen molar-refractivity contribution in [3.8, 4) is 0 Å². The number of nitro benzene ring substituents is 1. The van der Waals surface area contributed by atoms with Gasteiger partial charge in [-0.3, -0.25) is 10.1 Å². The maximum absolute atomic E-state index is 10.7. The van der Waals surface area contributed by atoms with Crippen LogP contribution in [0.5, 0.6) is 0 Å². The van der Waals surface area contributed by atoms with Gasteiger partial charge in [-0.05, 0) is 30.9 Å². The molecule has 0 fully saturated rings. The molecule has 0 unspecified atom stereocenters. The maximum Gasteiger partial charge on any atom is 0.270 e. The fraction of sp³-hybridized carbons (Fsp3) is 0.333. The third-order valence-corrected chi connectivity index (χ3v) is 2.82. The lowest BCUT2D eigenvalue weighted by molar-refractivity contribution is -0.384. The summed E-state index contributed by atoms with van der Waals surface area (Å²) in [4.78, 5) is 13.4. The summed E-state index contributed by atoms with van der Waals surface area (Å²) in [7, 11) is 0. The maximum atomic E-state index is 10.7. The minimum atomic E-state index is -0.385. The minimum absolute atomic E-state index is 0.112. The summed E-state index contributed by atoms with van der Waals surface area (Å²) < 4.78 is 0. The largest absolute Gasteiger partial charge is 0.396 e. The number of non-ortho nitro benzene ring substituents is 1. The van der Waals surface area contributed by atoms with Crippen molar-refractivity contribution in [2.45, 2.75) is 19.3 Å². The van der Waals surface area contributed by atoms with Gasteiger partial charge in [0.1, 0.15) is 0 Å². The Labute approximate surface area is 98.2 Å². The van der Waals surface area contributed by atoms with Crippen LogP contribution in [0.2, 0.25) is 0 Å². The Balaban J connectivity index is 2.30. The monoisotopic (exact) mass is 234 g/mol. The van der Waals surface area contributed by atoms with E-state index in [-0.39, 0.29) is 17.2 Å². The number of nitrogens with zero attached hydrogens (tertiary/aromatic N) is 1. The van der Waals surface area contributed by atoms with Crippen LogP contribution in [0.1, 0.15) is 18.4 Å². The molecule has 90 valence electrons. The Kier molecular flexibility index (Phi) is 3.39. The van der Waals surface area contributed by atoms with E-state index in [0.29, 0.717) is 0 Å². The molecule has 0 saturated heterocycles. The molecule has 0 spiro atoms. The summed E-state index contributed by atoms with van der Waals surface area (Å²) in [5, 5.41) is 20.3. The zero-order chi connectivity index (χ0) is 12.3. The Morgan fingerprint density at radius 1 is 1.35 bits per heavy atom. The third kappa shape index (κ3) is 2.45. The zero-order valence-electron chi connectivity index (χ0n) is 9.35. The average molecular weight is 234 g/mol. The number of aromatic amines is 1. The SMILES string of the molecule is O=[N+]([O-])c1ccc2[nH]cc(CCCCO)c2c1. The van der Waals surface area contributed by atoms with Gasteiger partial charge in [0.25, 0.3) is 5.69 Å². The number of benzene rings is 1. The van der Waals surface area contributed by atoms with Crippen LogP contribution in [-0.2, 0) is 6.42 Å². The molecule has 0 radical (unpaired) electrons. The van der Waals surface area contributed by atoms with Crippen molar-refractivity contribution in [2.24, 2.45) is 0 Å². The Bertz CT molecular complexity index is 534. The molecule has 2 rings (SSSR count). The van der Waals surface area contributed by atoms with Gasteiger partial charge in [-0.1, -0.05) is 0 Å². The number of nitrogens with one attached hydrogen (secondary N) is 1. The highest BCUT2D eigenvalue weighted by molar-refractivity contribution is 5.85. The van der Waals surface area contributed by atoms with E-state index in [0.717, 1.165) is 35.7 Å². The standard InChI is InChI=1S/C12H14N2O3/c15-6-2-1-3-9-8-13-12-5-4-10(14(16)17)7-11(9)12/h4-5,7-8,13,15H,1-3,6H2. The molecule has 17 heavy (non-hydrogen) atoms. The number of fused-ring (bicyclic) bond motifs is 1. The molecule has 0 bridgehead atoms. The molecule has 1 aromatic carbocycles. The number of hydrogen-bond acceptors (Lipinski definition) is 3. The van der Waals surface area contributed by atoms with E-state index in [9.17, 15) is 10.1 Å². The first-order valence-corrected chi connectivity index (χ1v) is 5.57. The van der Waals surface area contributed by atoms with Crippen LogP contribution in [0, 0.1) is 10.1 Å². The molecule has 0 amide bonds. The Morgan fingerprint density at radius 2 is 2.18 bits per heavy atom. The number of unbranched alkanes of at least 4 members (excludes halogenated alkanes) is 1. The Morgan fingerprint density at radius 3 is 2.88 bits per heavy atom. The number of nitro groups is 1. The van der Waals surface area contributed by atoms with Gasteiger partial charge in [0.2, 0.25) is 0 Å².